The molecule has 3 atom stereocenters. The monoisotopic (exact) mass is 279 g/mol. The van der Waals surface area contributed by atoms with Gasteiger partial charge in [-0.2, -0.15) is 0 Å². The average Bonchev–Trinajstić information content (AvgIpc) is 2.44. The lowest BCUT2D eigenvalue weighted by molar-refractivity contribution is 0.120. The molecule has 0 aromatic heterocycles. The molecule has 0 bridgehead atoms. The molecular formula is C19H37N. The van der Waals surface area contributed by atoms with E-state index in [2.05, 4.69) is 39.9 Å². The molecular weight excluding hydrogens is 242 g/mol. The maximum absolute atomic E-state index is 4.03. The van der Waals surface area contributed by atoms with Crippen molar-refractivity contribution < 1.29 is 0 Å². The SMILES string of the molecule is CCC(C)(C)C1CCC(NC2CCCC(C)C2C)CC1. The molecule has 1 heteroatoms. The van der Waals surface area contributed by atoms with E-state index >= 15 is 0 Å². The van der Waals surface area contributed by atoms with E-state index in [1.54, 1.807) is 0 Å². The first-order valence-corrected chi connectivity index (χ1v) is 9.20. The number of hydrogen-bond acceptors (Lipinski definition) is 1. The fourth-order valence-corrected chi connectivity index (χ4v) is 4.45. The molecule has 2 aliphatic carbocycles. The molecule has 0 aromatic rings. The summed E-state index contributed by atoms with van der Waals surface area (Å²) >= 11 is 0. The van der Waals surface area contributed by atoms with Crippen LogP contribution < -0.4 is 5.32 Å². The van der Waals surface area contributed by atoms with Gasteiger partial charge in [0, 0.05) is 12.1 Å². The van der Waals surface area contributed by atoms with Crippen LogP contribution in [0, 0.1) is 23.2 Å². The standard InChI is InChI=1S/C19H37N/c1-6-19(4,5)16-10-12-17(13-11-16)20-18-9-7-8-14(2)15(18)3/h14-18,20H,6-13H2,1-5H3. The molecule has 0 aliphatic heterocycles. The van der Waals surface area contributed by atoms with Crippen molar-refractivity contribution in [1.82, 2.24) is 5.32 Å². The van der Waals surface area contributed by atoms with Crippen molar-refractivity contribution in [2.24, 2.45) is 23.2 Å². The van der Waals surface area contributed by atoms with Crippen LogP contribution in [-0.4, -0.2) is 12.1 Å². The van der Waals surface area contributed by atoms with Crippen LogP contribution in [0.4, 0.5) is 0 Å². The van der Waals surface area contributed by atoms with Crippen LogP contribution in [0.2, 0.25) is 0 Å². The number of rotatable bonds is 4. The van der Waals surface area contributed by atoms with Crippen LogP contribution >= 0.6 is 0 Å². The van der Waals surface area contributed by atoms with Crippen molar-refractivity contribution in [3.63, 3.8) is 0 Å². The van der Waals surface area contributed by atoms with Gasteiger partial charge >= 0.3 is 0 Å². The Kier molecular flexibility index (Phi) is 5.56. The highest BCUT2D eigenvalue weighted by Crippen LogP contribution is 2.41. The highest BCUT2D eigenvalue weighted by atomic mass is 15.0. The molecule has 3 unspecified atom stereocenters. The fourth-order valence-electron chi connectivity index (χ4n) is 4.45. The third kappa shape index (κ3) is 3.78. The van der Waals surface area contributed by atoms with Crippen LogP contribution in [0.1, 0.15) is 86.0 Å². The van der Waals surface area contributed by atoms with Crippen molar-refractivity contribution in [2.75, 3.05) is 0 Å². The zero-order valence-corrected chi connectivity index (χ0v) is 14.5. The molecule has 0 radical (unpaired) electrons. The van der Waals surface area contributed by atoms with Gasteiger partial charge in [-0.15, -0.1) is 0 Å². The molecule has 0 spiro atoms. The summed E-state index contributed by atoms with van der Waals surface area (Å²) in [6.07, 6.45) is 11.3. The first-order valence-electron chi connectivity index (χ1n) is 9.20. The Bertz CT molecular complexity index is 288. The van der Waals surface area contributed by atoms with E-state index in [1.165, 1.54) is 51.4 Å². The van der Waals surface area contributed by atoms with E-state index in [-0.39, 0.29) is 0 Å². The van der Waals surface area contributed by atoms with Crippen LogP contribution in [0.25, 0.3) is 0 Å². The summed E-state index contributed by atoms with van der Waals surface area (Å²) in [6.45, 7) is 12.2. The van der Waals surface area contributed by atoms with Crippen molar-refractivity contribution in [2.45, 2.75) is 98.1 Å². The molecule has 0 amide bonds. The van der Waals surface area contributed by atoms with Crippen LogP contribution in [0.5, 0.6) is 0 Å². The summed E-state index contributed by atoms with van der Waals surface area (Å²) in [4.78, 5) is 0. The molecule has 0 aromatic carbocycles. The Balaban J connectivity index is 1.80. The van der Waals surface area contributed by atoms with E-state index in [9.17, 15) is 0 Å². The van der Waals surface area contributed by atoms with Gasteiger partial charge in [-0.05, 0) is 55.3 Å². The molecule has 20 heavy (non-hydrogen) atoms. The van der Waals surface area contributed by atoms with E-state index in [0.717, 1.165) is 29.8 Å². The topological polar surface area (TPSA) is 12.0 Å². The van der Waals surface area contributed by atoms with Gasteiger partial charge < -0.3 is 5.32 Å². The molecule has 2 fully saturated rings. The summed E-state index contributed by atoms with van der Waals surface area (Å²) in [5.74, 6) is 2.73. The normalized spacial score (nSPS) is 39.8. The Labute approximate surface area is 127 Å². The van der Waals surface area contributed by atoms with Gasteiger partial charge in [0.15, 0.2) is 0 Å². The molecule has 118 valence electrons. The molecule has 2 aliphatic rings. The lowest BCUT2D eigenvalue weighted by Gasteiger charge is -2.42. The van der Waals surface area contributed by atoms with Gasteiger partial charge in [0.2, 0.25) is 0 Å². The van der Waals surface area contributed by atoms with E-state index in [1.807, 2.05) is 0 Å². The minimum atomic E-state index is 0.553. The number of hydrogen-bond donors (Lipinski definition) is 1. The van der Waals surface area contributed by atoms with Crippen LogP contribution in [0.15, 0.2) is 0 Å². The lowest BCUT2D eigenvalue weighted by atomic mass is 9.68. The first kappa shape index (κ1) is 16.3. The van der Waals surface area contributed by atoms with Crippen molar-refractivity contribution in [3.05, 3.63) is 0 Å². The second-order valence-corrected chi connectivity index (χ2v) is 8.43. The smallest absolute Gasteiger partial charge is 0.00978 e. The van der Waals surface area contributed by atoms with E-state index in [0.29, 0.717) is 5.41 Å². The largest absolute Gasteiger partial charge is 0.311 e. The third-order valence-corrected chi connectivity index (χ3v) is 6.90. The second-order valence-electron chi connectivity index (χ2n) is 8.43. The highest BCUT2D eigenvalue weighted by Gasteiger charge is 2.34. The summed E-state index contributed by atoms with van der Waals surface area (Å²) in [7, 11) is 0. The van der Waals surface area contributed by atoms with Crippen molar-refractivity contribution >= 4 is 0 Å². The third-order valence-electron chi connectivity index (χ3n) is 6.90. The van der Waals surface area contributed by atoms with Gasteiger partial charge in [0.25, 0.3) is 0 Å². The summed E-state index contributed by atoms with van der Waals surface area (Å²) in [5, 5.41) is 4.03. The maximum atomic E-state index is 4.03. The van der Waals surface area contributed by atoms with Gasteiger partial charge in [0.1, 0.15) is 0 Å². The van der Waals surface area contributed by atoms with Gasteiger partial charge in [0.05, 0.1) is 0 Å². The predicted octanol–water partition coefficient (Wildman–Crippen LogP) is 5.40. The number of nitrogens with one attached hydrogen (secondary N) is 1. The minimum Gasteiger partial charge on any atom is -0.311 e. The molecule has 0 saturated heterocycles. The Morgan fingerprint density at radius 1 is 0.950 bits per heavy atom. The van der Waals surface area contributed by atoms with Gasteiger partial charge in [-0.1, -0.05) is 53.9 Å². The Hall–Kier alpha value is -0.0400. The first-order chi connectivity index (χ1) is 9.44. The van der Waals surface area contributed by atoms with Crippen LogP contribution in [0.3, 0.4) is 0 Å². The lowest BCUT2D eigenvalue weighted by Crippen LogP contribution is -2.47. The summed E-state index contributed by atoms with van der Waals surface area (Å²) < 4.78 is 0. The predicted molar refractivity (Wildman–Crippen MR) is 88.9 cm³/mol. The zero-order chi connectivity index (χ0) is 14.8. The minimum absolute atomic E-state index is 0.553. The molecule has 2 saturated carbocycles. The zero-order valence-electron chi connectivity index (χ0n) is 14.5. The molecule has 2 rings (SSSR count). The van der Waals surface area contributed by atoms with E-state index < -0.39 is 0 Å². The molecule has 1 nitrogen and oxygen atoms in total. The van der Waals surface area contributed by atoms with Crippen molar-refractivity contribution in [1.29, 1.82) is 0 Å². The average molecular weight is 280 g/mol. The Morgan fingerprint density at radius 2 is 1.60 bits per heavy atom. The van der Waals surface area contributed by atoms with Gasteiger partial charge in [-0.3, -0.25) is 0 Å². The second kappa shape index (κ2) is 6.81. The van der Waals surface area contributed by atoms with Crippen LogP contribution in [-0.2, 0) is 0 Å². The molecule has 1 N–H and O–H groups in total. The Morgan fingerprint density at radius 3 is 2.20 bits per heavy atom. The van der Waals surface area contributed by atoms with Gasteiger partial charge in [-0.25, -0.2) is 0 Å². The highest BCUT2D eigenvalue weighted by molar-refractivity contribution is 4.89. The quantitative estimate of drug-likeness (QED) is 0.727. The molecule has 0 heterocycles. The van der Waals surface area contributed by atoms with E-state index in [4.69, 9.17) is 0 Å². The van der Waals surface area contributed by atoms with Crippen molar-refractivity contribution in [3.8, 4) is 0 Å². The summed E-state index contributed by atoms with van der Waals surface area (Å²) in [6, 6.07) is 1.59. The fraction of sp³-hybridized carbons (Fsp3) is 1.00. The maximum Gasteiger partial charge on any atom is 0.00978 e. The summed E-state index contributed by atoms with van der Waals surface area (Å²) in [5.41, 5.74) is 0.553.